The van der Waals surface area contributed by atoms with Crippen molar-refractivity contribution in [1.29, 1.82) is 0 Å². The second-order valence-electron chi connectivity index (χ2n) is 5.20. The van der Waals surface area contributed by atoms with E-state index >= 15 is 0 Å². The van der Waals surface area contributed by atoms with Crippen LogP contribution in [0.25, 0.3) is 0 Å². The first kappa shape index (κ1) is 14.9. The Labute approximate surface area is 106 Å². The van der Waals surface area contributed by atoms with Crippen LogP contribution < -0.4 is 5.32 Å². The van der Waals surface area contributed by atoms with Gasteiger partial charge in [0, 0.05) is 20.3 Å². The molecule has 3 heteroatoms. The second kappa shape index (κ2) is 8.90. The lowest BCUT2D eigenvalue weighted by Gasteiger charge is -2.29. The highest BCUT2D eigenvalue weighted by molar-refractivity contribution is 4.86. The number of ether oxygens (including phenoxy) is 2. The van der Waals surface area contributed by atoms with Crippen LogP contribution in [-0.2, 0) is 9.47 Å². The molecule has 0 aromatic carbocycles. The third-order valence-corrected chi connectivity index (χ3v) is 3.84. The van der Waals surface area contributed by atoms with Gasteiger partial charge < -0.3 is 14.8 Å². The van der Waals surface area contributed by atoms with Gasteiger partial charge in [0.15, 0.2) is 0 Å². The Morgan fingerprint density at radius 2 is 1.88 bits per heavy atom. The maximum Gasteiger partial charge on any atom is 0.0700 e. The average molecular weight is 243 g/mol. The van der Waals surface area contributed by atoms with Gasteiger partial charge in [-0.3, -0.25) is 0 Å². The number of methoxy groups -OCH3 is 1. The Bertz CT molecular complexity index is 179. The van der Waals surface area contributed by atoms with Crippen LogP contribution in [0.5, 0.6) is 0 Å². The van der Waals surface area contributed by atoms with Crippen molar-refractivity contribution in [3.63, 3.8) is 0 Å². The second-order valence-corrected chi connectivity index (χ2v) is 5.20. The van der Waals surface area contributed by atoms with Crippen LogP contribution in [0, 0.1) is 5.41 Å². The average Bonchev–Trinajstić information content (AvgIpc) is 2.80. The predicted octanol–water partition coefficient (Wildman–Crippen LogP) is 2.60. The van der Waals surface area contributed by atoms with Crippen LogP contribution in [0.15, 0.2) is 0 Å². The third kappa shape index (κ3) is 5.84. The van der Waals surface area contributed by atoms with Crippen molar-refractivity contribution < 1.29 is 9.47 Å². The molecule has 1 N–H and O–H groups in total. The van der Waals surface area contributed by atoms with E-state index in [2.05, 4.69) is 12.2 Å². The highest BCUT2D eigenvalue weighted by Crippen LogP contribution is 2.41. The van der Waals surface area contributed by atoms with Crippen molar-refractivity contribution in [2.45, 2.75) is 45.4 Å². The zero-order valence-corrected chi connectivity index (χ0v) is 11.6. The van der Waals surface area contributed by atoms with Gasteiger partial charge in [-0.05, 0) is 37.6 Å². The molecule has 3 nitrogen and oxygen atoms in total. The SMILES string of the molecule is CCNCC1(CCCOCCOC)CCCC1. The van der Waals surface area contributed by atoms with Gasteiger partial charge in [0.05, 0.1) is 13.2 Å². The minimum Gasteiger partial charge on any atom is -0.382 e. The van der Waals surface area contributed by atoms with E-state index in [0.717, 1.165) is 19.8 Å². The molecule has 1 fully saturated rings. The number of rotatable bonds is 10. The molecule has 1 aliphatic rings. The number of nitrogens with one attached hydrogen (secondary N) is 1. The summed E-state index contributed by atoms with van der Waals surface area (Å²) in [7, 11) is 1.72. The quantitative estimate of drug-likeness (QED) is 0.598. The molecule has 0 aromatic heterocycles. The first-order valence-electron chi connectivity index (χ1n) is 7.10. The molecule has 17 heavy (non-hydrogen) atoms. The summed E-state index contributed by atoms with van der Waals surface area (Å²) in [5.41, 5.74) is 0.570. The van der Waals surface area contributed by atoms with E-state index < -0.39 is 0 Å². The summed E-state index contributed by atoms with van der Waals surface area (Å²) in [6.07, 6.45) is 8.13. The third-order valence-electron chi connectivity index (χ3n) is 3.84. The molecule has 0 saturated heterocycles. The molecule has 102 valence electrons. The molecule has 0 unspecified atom stereocenters. The monoisotopic (exact) mass is 243 g/mol. The van der Waals surface area contributed by atoms with Crippen molar-refractivity contribution in [3.8, 4) is 0 Å². The van der Waals surface area contributed by atoms with Crippen LogP contribution in [-0.4, -0.2) is 40.0 Å². The van der Waals surface area contributed by atoms with Crippen molar-refractivity contribution in [2.75, 3.05) is 40.0 Å². The lowest BCUT2D eigenvalue weighted by molar-refractivity contribution is 0.0634. The summed E-state index contributed by atoms with van der Waals surface area (Å²) in [6.45, 7) is 6.81. The Kier molecular flexibility index (Phi) is 7.82. The minimum absolute atomic E-state index is 0.570. The lowest BCUT2D eigenvalue weighted by atomic mass is 9.81. The van der Waals surface area contributed by atoms with Crippen LogP contribution in [0.3, 0.4) is 0 Å². The smallest absolute Gasteiger partial charge is 0.0700 e. The standard InChI is InChI=1S/C14H29NO2/c1-3-15-13-14(7-4-5-8-14)9-6-10-17-12-11-16-2/h15H,3-13H2,1-2H3. The zero-order valence-electron chi connectivity index (χ0n) is 11.6. The predicted molar refractivity (Wildman–Crippen MR) is 71.4 cm³/mol. The van der Waals surface area contributed by atoms with Crippen LogP contribution >= 0.6 is 0 Å². The number of hydrogen-bond donors (Lipinski definition) is 1. The van der Waals surface area contributed by atoms with Gasteiger partial charge in [0.1, 0.15) is 0 Å². The molecule has 0 atom stereocenters. The fourth-order valence-corrected chi connectivity index (χ4v) is 2.82. The van der Waals surface area contributed by atoms with Crippen molar-refractivity contribution in [2.24, 2.45) is 5.41 Å². The molecule has 1 aliphatic carbocycles. The van der Waals surface area contributed by atoms with Gasteiger partial charge in [0.25, 0.3) is 0 Å². The Morgan fingerprint density at radius 1 is 1.12 bits per heavy atom. The van der Waals surface area contributed by atoms with E-state index in [0.29, 0.717) is 12.0 Å². The molecule has 1 saturated carbocycles. The van der Waals surface area contributed by atoms with Gasteiger partial charge in [-0.15, -0.1) is 0 Å². The molecule has 0 aliphatic heterocycles. The Balaban J connectivity index is 2.12. The summed E-state index contributed by atoms with van der Waals surface area (Å²) >= 11 is 0. The molecule has 0 heterocycles. The Hall–Kier alpha value is -0.120. The molecule has 0 spiro atoms. The van der Waals surface area contributed by atoms with Crippen LogP contribution in [0.2, 0.25) is 0 Å². The van der Waals surface area contributed by atoms with E-state index in [1.54, 1.807) is 7.11 Å². The fraction of sp³-hybridized carbons (Fsp3) is 1.00. The highest BCUT2D eigenvalue weighted by Gasteiger charge is 2.32. The largest absolute Gasteiger partial charge is 0.382 e. The van der Waals surface area contributed by atoms with Crippen molar-refractivity contribution in [1.82, 2.24) is 5.32 Å². The maximum absolute atomic E-state index is 5.54. The van der Waals surface area contributed by atoms with Crippen molar-refractivity contribution >= 4 is 0 Å². The van der Waals surface area contributed by atoms with Gasteiger partial charge in [-0.2, -0.15) is 0 Å². The van der Waals surface area contributed by atoms with E-state index in [1.807, 2.05) is 0 Å². The topological polar surface area (TPSA) is 30.5 Å². The minimum atomic E-state index is 0.570. The van der Waals surface area contributed by atoms with Gasteiger partial charge >= 0.3 is 0 Å². The normalized spacial score (nSPS) is 18.7. The molecule has 1 rings (SSSR count). The Morgan fingerprint density at radius 3 is 2.53 bits per heavy atom. The molecule has 0 aromatic rings. The van der Waals surface area contributed by atoms with Crippen LogP contribution in [0.1, 0.15) is 45.4 Å². The van der Waals surface area contributed by atoms with E-state index in [4.69, 9.17) is 9.47 Å². The first-order valence-corrected chi connectivity index (χ1v) is 7.10. The van der Waals surface area contributed by atoms with Gasteiger partial charge in [0.2, 0.25) is 0 Å². The van der Waals surface area contributed by atoms with Gasteiger partial charge in [-0.1, -0.05) is 19.8 Å². The lowest BCUT2D eigenvalue weighted by Crippen LogP contribution is -2.32. The van der Waals surface area contributed by atoms with E-state index in [9.17, 15) is 0 Å². The van der Waals surface area contributed by atoms with Crippen LogP contribution in [0.4, 0.5) is 0 Å². The molecule has 0 bridgehead atoms. The number of hydrogen-bond acceptors (Lipinski definition) is 3. The molecular formula is C14H29NO2. The summed E-state index contributed by atoms with van der Waals surface area (Å²) in [4.78, 5) is 0. The highest BCUT2D eigenvalue weighted by atomic mass is 16.5. The van der Waals surface area contributed by atoms with E-state index in [-0.39, 0.29) is 0 Å². The first-order chi connectivity index (χ1) is 8.33. The fourth-order valence-electron chi connectivity index (χ4n) is 2.82. The zero-order chi connectivity index (χ0) is 12.4. The maximum atomic E-state index is 5.54. The van der Waals surface area contributed by atoms with Crippen molar-refractivity contribution in [3.05, 3.63) is 0 Å². The van der Waals surface area contributed by atoms with E-state index in [1.165, 1.54) is 45.1 Å². The summed E-state index contributed by atoms with van der Waals surface area (Å²) in [6, 6.07) is 0. The molecule has 0 amide bonds. The van der Waals surface area contributed by atoms with Gasteiger partial charge in [-0.25, -0.2) is 0 Å². The molecular weight excluding hydrogens is 214 g/mol. The summed E-state index contributed by atoms with van der Waals surface area (Å²) in [5.74, 6) is 0. The summed E-state index contributed by atoms with van der Waals surface area (Å²) in [5, 5.41) is 3.53. The molecule has 0 radical (unpaired) electrons. The summed E-state index contributed by atoms with van der Waals surface area (Å²) < 4.78 is 10.5.